The summed E-state index contributed by atoms with van der Waals surface area (Å²) in [7, 11) is 0. The Morgan fingerprint density at radius 2 is 1.15 bits per heavy atom. The first-order valence-electron chi connectivity index (χ1n) is 7.62. The molecule has 0 aromatic carbocycles. The van der Waals surface area contributed by atoms with Gasteiger partial charge >= 0.3 is 0 Å². The highest BCUT2D eigenvalue weighted by Gasteiger charge is 2.04. The van der Waals surface area contributed by atoms with Crippen LogP contribution in [0.4, 0.5) is 23.0 Å². The highest BCUT2D eigenvalue weighted by atomic mass is 32.1. The molecule has 0 amide bonds. The van der Waals surface area contributed by atoms with E-state index in [0.717, 1.165) is 11.4 Å². The van der Waals surface area contributed by atoms with Gasteiger partial charge in [-0.15, -0.1) is 0 Å². The average molecular weight is 381 g/mol. The smallest absolute Gasteiger partial charge is 0.176 e. The van der Waals surface area contributed by atoms with E-state index >= 15 is 0 Å². The van der Waals surface area contributed by atoms with Crippen molar-refractivity contribution in [2.24, 2.45) is 0 Å². The van der Waals surface area contributed by atoms with Crippen molar-refractivity contribution in [1.82, 2.24) is 15.0 Å². The molecule has 26 heavy (non-hydrogen) atoms. The molecule has 0 aliphatic heterocycles. The fourth-order valence-corrected chi connectivity index (χ4v) is 2.45. The summed E-state index contributed by atoms with van der Waals surface area (Å²) >= 11 is 10.6. The van der Waals surface area contributed by atoms with Gasteiger partial charge in [-0.1, -0.05) is 6.07 Å². The third kappa shape index (κ3) is 5.43. The average Bonchev–Trinajstić information content (AvgIpc) is 2.63. The minimum Gasteiger partial charge on any atom is -0.331 e. The summed E-state index contributed by atoms with van der Waals surface area (Å²) < 4.78 is 0. The Bertz CT molecular complexity index is 817. The molecule has 130 valence electrons. The Kier molecular flexibility index (Phi) is 5.96. The number of thiocarbonyl (C=S) groups is 2. The molecule has 0 unspecified atom stereocenters. The zero-order valence-electron chi connectivity index (χ0n) is 13.5. The molecule has 3 aromatic rings. The van der Waals surface area contributed by atoms with Crippen LogP contribution in [0.5, 0.6) is 0 Å². The van der Waals surface area contributed by atoms with Crippen LogP contribution in [0.1, 0.15) is 0 Å². The number of hydrogen-bond acceptors (Lipinski definition) is 5. The van der Waals surface area contributed by atoms with Crippen LogP contribution >= 0.6 is 24.4 Å². The zero-order valence-corrected chi connectivity index (χ0v) is 15.1. The summed E-state index contributed by atoms with van der Waals surface area (Å²) in [6, 6.07) is 12.8. The van der Waals surface area contributed by atoms with E-state index in [4.69, 9.17) is 24.4 Å². The van der Waals surface area contributed by atoms with Crippen molar-refractivity contribution in [2.75, 3.05) is 21.3 Å². The van der Waals surface area contributed by atoms with Crippen LogP contribution in [0.3, 0.4) is 0 Å². The lowest BCUT2D eigenvalue weighted by Crippen LogP contribution is -2.22. The molecule has 3 rings (SSSR count). The fourth-order valence-electron chi connectivity index (χ4n) is 2.00. The summed E-state index contributed by atoms with van der Waals surface area (Å²) in [5.74, 6) is 1.17. The third-order valence-corrected chi connectivity index (χ3v) is 3.48. The quantitative estimate of drug-likeness (QED) is 0.507. The standard InChI is InChI=1S/C17H15N7S2/c25-16(20-12-4-2-8-18-10-12)23-14-6-1-7-15(22-14)24-17(26)21-13-5-3-9-19-11-13/h1-11H,(H4,20,21,22,23,24,25,26). The molecule has 0 spiro atoms. The molecular weight excluding hydrogens is 366 g/mol. The Morgan fingerprint density at radius 1 is 0.654 bits per heavy atom. The van der Waals surface area contributed by atoms with E-state index in [0.29, 0.717) is 21.9 Å². The molecule has 0 radical (unpaired) electrons. The van der Waals surface area contributed by atoms with Crippen LogP contribution in [0, 0.1) is 0 Å². The van der Waals surface area contributed by atoms with Crippen molar-refractivity contribution >= 4 is 57.7 Å². The highest BCUT2D eigenvalue weighted by molar-refractivity contribution is 7.81. The lowest BCUT2D eigenvalue weighted by atomic mass is 10.4. The predicted octanol–water partition coefficient (Wildman–Crippen LogP) is 3.49. The molecule has 0 fully saturated rings. The van der Waals surface area contributed by atoms with Gasteiger partial charge in [-0.25, -0.2) is 4.98 Å². The van der Waals surface area contributed by atoms with Crippen LogP contribution in [-0.2, 0) is 0 Å². The SMILES string of the molecule is S=C(Nc1cccnc1)Nc1cccc(NC(=S)Nc2cccnc2)n1. The van der Waals surface area contributed by atoms with E-state index in [1.807, 2.05) is 30.3 Å². The molecule has 0 saturated carbocycles. The normalized spacial score (nSPS) is 9.85. The predicted molar refractivity (Wildman–Crippen MR) is 112 cm³/mol. The summed E-state index contributed by atoms with van der Waals surface area (Å²) in [5.41, 5.74) is 1.59. The maximum absolute atomic E-state index is 5.28. The number of aromatic nitrogens is 3. The first kappa shape index (κ1) is 17.6. The van der Waals surface area contributed by atoms with Crippen molar-refractivity contribution in [3.8, 4) is 0 Å². The minimum atomic E-state index is 0.415. The van der Waals surface area contributed by atoms with Gasteiger partial charge in [0.05, 0.1) is 23.8 Å². The number of nitrogens with zero attached hydrogens (tertiary/aromatic N) is 3. The van der Waals surface area contributed by atoms with Crippen LogP contribution in [0.25, 0.3) is 0 Å². The maximum Gasteiger partial charge on any atom is 0.176 e. The van der Waals surface area contributed by atoms with Crippen molar-refractivity contribution in [3.05, 3.63) is 67.3 Å². The lowest BCUT2D eigenvalue weighted by Gasteiger charge is -2.12. The van der Waals surface area contributed by atoms with Gasteiger partial charge in [-0.05, 0) is 60.8 Å². The molecule has 0 saturated heterocycles. The van der Waals surface area contributed by atoms with E-state index < -0.39 is 0 Å². The molecule has 4 N–H and O–H groups in total. The maximum atomic E-state index is 5.28. The molecule has 0 aliphatic rings. The summed E-state index contributed by atoms with van der Waals surface area (Å²) in [4.78, 5) is 12.5. The number of hydrogen-bond donors (Lipinski definition) is 4. The molecule has 9 heteroatoms. The van der Waals surface area contributed by atoms with E-state index in [1.54, 1.807) is 36.9 Å². The largest absolute Gasteiger partial charge is 0.331 e. The summed E-state index contributed by atoms with van der Waals surface area (Å²) in [5, 5.41) is 12.9. The Morgan fingerprint density at radius 3 is 1.58 bits per heavy atom. The van der Waals surface area contributed by atoms with Gasteiger partial charge in [0.15, 0.2) is 10.2 Å². The third-order valence-electron chi connectivity index (χ3n) is 3.07. The Labute approximate surface area is 161 Å². The zero-order chi connectivity index (χ0) is 18.2. The van der Waals surface area contributed by atoms with Gasteiger partial charge < -0.3 is 21.3 Å². The number of rotatable bonds is 4. The lowest BCUT2D eigenvalue weighted by molar-refractivity contribution is 1.31. The van der Waals surface area contributed by atoms with E-state index in [9.17, 15) is 0 Å². The van der Waals surface area contributed by atoms with Gasteiger partial charge in [0.2, 0.25) is 0 Å². The van der Waals surface area contributed by atoms with E-state index in [2.05, 4.69) is 36.2 Å². The fraction of sp³-hybridized carbons (Fsp3) is 0. The van der Waals surface area contributed by atoms with Crippen molar-refractivity contribution in [2.45, 2.75) is 0 Å². The number of anilines is 4. The highest BCUT2D eigenvalue weighted by Crippen LogP contribution is 2.11. The minimum absolute atomic E-state index is 0.415. The van der Waals surface area contributed by atoms with Crippen LogP contribution in [0.15, 0.2) is 67.3 Å². The second kappa shape index (κ2) is 8.79. The summed E-state index contributed by atoms with van der Waals surface area (Å²) in [6.07, 6.45) is 6.76. The molecule has 3 heterocycles. The monoisotopic (exact) mass is 381 g/mol. The Balaban J connectivity index is 1.57. The summed E-state index contributed by atoms with van der Waals surface area (Å²) in [6.45, 7) is 0. The second-order valence-electron chi connectivity index (χ2n) is 5.05. The first-order chi connectivity index (χ1) is 12.7. The van der Waals surface area contributed by atoms with E-state index in [1.165, 1.54) is 0 Å². The topological polar surface area (TPSA) is 86.8 Å². The van der Waals surface area contributed by atoms with Gasteiger partial charge in [0.1, 0.15) is 11.6 Å². The van der Waals surface area contributed by atoms with Crippen molar-refractivity contribution in [1.29, 1.82) is 0 Å². The van der Waals surface area contributed by atoms with Crippen LogP contribution in [0.2, 0.25) is 0 Å². The molecular formula is C17H15N7S2. The van der Waals surface area contributed by atoms with Crippen LogP contribution in [-0.4, -0.2) is 25.2 Å². The second-order valence-corrected chi connectivity index (χ2v) is 5.87. The first-order valence-corrected chi connectivity index (χ1v) is 8.44. The molecule has 0 aliphatic carbocycles. The Hall–Kier alpha value is -3.17. The number of nitrogens with one attached hydrogen (secondary N) is 4. The molecule has 3 aromatic heterocycles. The molecule has 0 atom stereocenters. The van der Waals surface area contributed by atoms with Gasteiger partial charge in [0.25, 0.3) is 0 Å². The van der Waals surface area contributed by atoms with Crippen LogP contribution < -0.4 is 21.3 Å². The van der Waals surface area contributed by atoms with Crippen molar-refractivity contribution < 1.29 is 0 Å². The van der Waals surface area contributed by atoms with Crippen molar-refractivity contribution in [3.63, 3.8) is 0 Å². The van der Waals surface area contributed by atoms with Gasteiger partial charge in [0, 0.05) is 12.4 Å². The van der Waals surface area contributed by atoms with E-state index in [-0.39, 0.29) is 0 Å². The van der Waals surface area contributed by atoms with Gasteiger partial charge in [-0.3, -0.25) is 9.97 Å². The van der Waals surface area contributed by atoms with Gasteiger partial charge in [-0.2, -0.15) is 0 Å². The molecule has 7 nitrogen and oxygen atoms in total. The number of pyridine rings is 3. The molecule has 0 bridgehead atoms.